The van der Waals surface area contributed by atoms with Gasteiger partial charge < -0.3 is 25.2 Å². The monoisotopic (exact) mass is 362 g/mol. The molecule has 0 bridgehead atoms. The zero-order valence-electron chi connectivity index (χ0n) is 14.3. The first-order valence-electron chi connectivity index (χ1n) is 8.70. The molecular formula is C18H22N2O6. The minimum absolute atomic E-state index is 0.164. The second kappa shape index (κ2) is 8.29. The zero-order valence-corrected chi connectivity index (χ0v) is 14.3. The number of hydrogen-bond donors (Lipinski definition) is 3. The highest BCUT2D eigenvalue weighted by Crippen LogP contribution is 2.20. The van der Waals surface area contributed by atoms with Gasteiger partial charge in [-0.25, -0.2) is 4.79 Å². The Morgan fingerprint density at radius 1 is 1.08 bits per heavy atom. The highest BCUT2D eigenvalue weighted by atomic mass is 16.5. The van der Waals surface area contributed by atoms with Gasteiger partial charge in [0, 0.05) is 18.8 Å². The van der Waals surface area contributed by atoms with Crippen LogP contribution in [0.2, 0.25) is 0 Å². The first-order valence-corrected chi connectivity index (χ1v) is 8.70. The molecule has 3 N–H and O–H groups in total. The van der Waals surface area contributed by atoms with E-state index in [1.807, 2.05) is 6.07 Å². The van der Waals surface area contributed by atoms with Crippen molar-refractivity contribution in [2.45, 2.75) is 50.5 Å². The van der Waals surface area contributed by atoms with Crippen LogP contribution in [-0.4, -0.2) is 47.8 Å². The summed E-state index contributed by atoms with van der Waals surface area (Å²) in [5.74, 6) is -1.54. The summed E-state index contributed by atoms with van der Waals surface area (Å²) in [7, 11) is 0. The molecule has 140 valence electrons. The van der Waals surface area contributed by atoms with Crippen molar-refractivity contribution >= 4 is 23.5 Å². The standard InChI is InChI=1S/C18H22N2O6/c21-16(14-6-7-15(26-14)18(23)24)19-10-11-3-1-4-12(9-11)20-17(22)13-5-2-8-25-13/h1,3-4,9,13-15H,2,5-8,10H2,(H,19,21)(H,20,22)(H,23,24)/t13?,14-,15+/m0/s1. The average molecular weight is 362 g/mol. The maximum Gasteiger partial charge on any atom is 0.332 e. The lowest BCUT2D eigenvalue weighted by Crippen LogP contribution is -2.35. The van der Waals surface area contributed by atoms with Crippen molar-refractivity contribution in [3.8, 4) is 0 Å². The van der Waals surface area contributed by atoms with E-state index in [0.717, 1.165) is 18.4 Å². The first kappa shape index (κ1) is 18.3. The summed E-state index contributed by atoms with van der Waals surface area (Å²) in [5.41, 5.74) is 1.46. The van der Waals surface area contributed by atoms with E-state index >= 15 is 0 Å². The Balaban J connectivity index is 1.50. The van der Waals surface area contributed by atoms with E-state index in [2.05, 4.69) is 10.6 Å². The fraction of sp³-hybridized carbons (Fsp3) is 0.500. The highest BCUT2D eigenvalue weighted by Gasteiger charge is 2.34. The topological polar surface area (TPSA) is 114 Å². The summed E-state index contributed by atoms with van der Waals surface area (Å²) >= 11 is 0. The van der Waals surface area contributed by atoms with E-state index in [0.29, 0.717) is 25.1 Å². The molecule has 2 saturated heterocycles. The number of carboxylic acids is 1. The van der Waals surface area contributed by atoms with Gasteiger partial charge in [-0.2, -0.15) is 0 Å². The first-order chi connectivity index (χ1) is 12.5. The van der Waals surface area contributed by atoms with Crippen molar-refractivity contribution in [2.24, 2.45) is 0 Å². The predicted molar refractivity (Wildman–Crippen MR) is 91.4 cm³/mol. The van der Waals surface area contributed by atoms with Crippen LogP contribution in [0.3, 0.4) is 0 Å². The lowest BCUT2D eigenvalue weighted by molar-refractivity contribution is -0.151. The molecule has 1 aromatic rings. The molecule has 2 heterocycles. The summed E-state index contributed by atoms with van der Waals surface area (Å²) in [5, 5.41) is 14.5. The van der Waals surface area contributed by atoms with E-state index in [9.17, 15) is 14.4 Å². The van der Waals surface area contributed by atoms with Crippen LogP contribution in [0, 0.1) is 0 Å². The molecule has 0 aliphatic carbocycles. The third-order valence-corrected chi connectivity index (χ3v) is 4.47. The summed E-state index contributed by atoms with van der Waals surface area (Å²) in [4.78, 5) is 35.1. The Morgan fingerprint density at radius 2 is 1.88 bits per heavy atom. The number of carboxylic acid groups (broad SMARTS) is 1. The van der Waals surface area contributed by atoms with Crippen LogP contribution in [0.15, 0.2) is 24.3 Å². The van der Waals surface area contributed by atoms with Gasteiger partial charge in [0.2, 0.25) is 5.91 Å². The molecular weight excluding hydrogens is 340 g/mol. The summed E-state index contributed by atoms with van der Waals surface area (Å²) in [6.45, 7) is 0.871. The third kappa shape index (κ3) is 4.59. The summed E-state index contributed by atoms with van der Waals surface area (Å²) < 4.78 is 10.6. The number of carbonyl (C=O) groups is 3. The second-order valence-corrected chi connectivity index (χ2v) is 6.44. The minimum Gasteiger partial charge on any atom is -0.479 e. The molecule has 1 aromatic carbocycles. The number of hydrogen-bond acceptors (Lipinski definition) is 5. The Bertz CT molecular complexity index is 686. The van der Waals surface area contributed by atoms with Gasteiger partial charge in [-0.15, -0.1) is 0 Å². The largest absolute Gasteiger partial charge is 0.479 e. The van der Waals surface area contributed by atoms with Gasteiger partial charge in [0.15, 0.2) is 6.10 Å². The normalized spacial score (nSPS) is 25.0. The van der Waals surface area contributed by atoms with Gasteiger partial charge in [0.25, 0.3) is 5.91 Å². The maximum atomic E-state index is 12.1. The van der Waals surface area contributed by atoms with E-state index in [1.54, 1.807) is 18.2 Å². The van der Waals surface area contributed by atoms with E-state index in [1.165, 1.54) is 0 Å². The van der Waals surface area contributed by atoms with E-state index in [-0.39, 0.29) is 18.4 Å². The van der Waals surface area contributed by atoms with Crippen LogP contribution in [0.4, 0.5) is 5.69 Å². The Kier molecular flexibility index (Phi) is 5.85. The molecule has 2 fully saturated rings. The molecule has 1 unspecified atom stereocenters. The van der Waals surface area contributed by atoms with Gasteiger partial charge in [-0.3, -0.25) is 9.59 Å². The fourth-order valence-electron chi connectivity index (χ4n) is 3.08. The number of aliphatic carboxylic acids is 1. The van der Waals surface area contributed by atoms with Crippen molar-refractivity contribution in [2.75, 3.05) is 11.9 Å². The van der Waals surface area contributed by atoms with Crippen molar-refractivity contribution in [3.05, 3.63) is 29.8 Å². The number of ether oxygens (including phenoxy) is 2. The van der Waals surface area contributed by atoms with Gasteiger partial charge in [0.05, 0.1) is 0 Å². The number of carbonyl (C=O) groups excluding carboxylic acids is 2. The second-order valence-electron chi connectivity index (χ2n) is 6.44. The predicted octanol–water partition coefficient (Wildman–Crippen LogP) is 1.05. The van der Waals surface area contributed by atoms with Crippen LogP contribution in [-0.2, 0) is 30.4 Å². The number of benzene rings is 1. The smallest absolute Gasteiger partial charge is 0.332 e. The maximum absolute atomic E-state index is 12.1. The van der Waals surface area contributed by atoms with Crippen molar-refractivity contribution in [1.82, 2.24) is 5.32 Å². The molecule has 0 aromatic heterocycles. The molecule has 8 heteroatoms. The number of anilines is 1. The Hall–Kier alpha value is -2.45. The molecule has 2 aliphatic rings. The summed E-state index contributed by atoms with van der Waals surface area (Å²) in [6.07, 6.45) is 0.273. The molecule has 26 heavy (non-hydrogen) atoms. The van der Waals surface area contributed by atoms with E-state index in [4.69, 9.17) is 14.6 Å². The Labute approximate surface area is 150 Å². The van der Waals surface area contributed by atoms with Crippen molar-refractivity contribution in [1.29, 1.82) is 0 Å². The highest BCUT2D eigenvalue weighted by molar-refractivity contribution is 5.94. The fourth-order valence-corrected chi connectivity index (χ4v) is 3.08. The quantitative estimate of drug-likeness (QED) is 0.697. The lowest BCUT2D eigenvalue weighted by Gasteiger charge is -2.13. The molecule has 2 amide bonds. The van der Waals surface area contributed by atoms with Crippen LogP contribution in [0.1, 0.15) is 31.2 Å². The molecule has 0 radical (unpaired) electrons. The average Bonchev–Trinajstić information content (AvgIpc) is 3.31. The van der Waals surface area contributed by atoms with Gasteiger partial charge in [-0.05, 0) is 43.4 Å². The number of amides is 2. The van der Waals surface area contributed by atoms with Crippen LogP contribution < -0.4 is 10.6 Å². The van der Waals surface area contributed by atoms with Gasteiger partial charge >= 0.3 is 5.97 Å². The molecule has 3 rings (SSSR count). The Morgan fingerprint density at radius 3 is 2.58 bits per heavy atom. The van der Waals surface area contributed by atoms with Crippen molar-refractivity contribution in [3.63, 3.8) is 0 Å². The zero-order chi connectivity index (χ0) is 18.5. The molecule has 0 spiro atoms. The van der Waals surface area contributed by atoms with Crippen LogP contribution >= 0.6 is 0 Å². The van der Waals surface area contributed by atoms with Crippen LogP contribution in [0.5, 0.6) is 0 Å². The SMILES string of the molecule is O=C(Nc1cccc(CNC(=O)[C@@H]2CC[C@H](C(=O)O)O2)c1)C1CCCO1. The van der Waals surface area contributed by atoms with Crippen molar-refractivity contribution < 1.29 is 29.0 Å². The van der Waals surface area contributed by atoms with Gasteiger partial charge in [-0.1, -0.05) is 12.1 Å². The van der Waals surface area contributed by atoms with E-state index < -0.39 is 24.3 Å². The number of nitrogens with one attached hydrogen (secondary N) is 2. The molecule has 0 saturated carbocycles. The molecule has 3 atom stereocenters. The number of rotatable bonds is 6. The van der Waals surface area contributed by atoms with Gasteiger partial charge in [0.1, 0.15) is 12.2 Å². The molecule has 2 aliphatic heterocycles. The molecule has 8 nitrogen and oxygen atoms in total. The third-order valence-electron chi connectivity index (χ3n) is 4.47. The van der Waals surface area contributed by atoms with Crippen LogP contribution in [0.25, 0.3) is 0 Å². The summed E-state index contributed by atoms with van der Waals surface area (Å²) in [6, 6.07) is 7.18. The minimum atomic E-state index is -1.05. The lowest BCUT2D eigenvalue weighted by atomic mass is 10.1.